The van der Waals surface area contributed by atoms with Crippen molar-refractivity contribution in [1.29, 1.82) is 0 Å². The quantitative estimate of drug-likeness (QED) is 0.846. The van der Waals surface area contributed by atoms with Gasteiger partial charge in [0.1, 0.15) is 5.75 Å². The minimum absolute atomic E-state index is 0.102. The molecule has 0 amide bonds. The van der Waals surface area contributed by atoms with Crippen molar-refractivity contribution in [3.8, 4) is 5.75 Å². The maximum Gasteiger partial charge on any atom is 0.122 e. The molecule has 0 saturated carbocycles. The number of rotatable bonds is 4. The molecule has 0 saturated heterocycles. The van der Waals surface area contributed by atoms with E-state index in [0.717, 1.165) is 24.3 Å². The monoisotopic (exact) mass is 222 g/mol. The highest BCUT2D eigenvalue weighted by molar-refractivity contribution is 5.40. The third kappa shape index (κ3) is 2.20. The van der Waals surface area contributed by atoms with Gasteiger partial charge >= 0.3 is 0 Å². The van der Waals surface area contributed by atoms with Crippen LogP contribution in [-0.2, 0) is 11.2 Å². The van der Waals surface area contributed by atoms with Crippen molar-refractivity contribution in [3.05, 3.63) is 29.3 Å². The van der Waals surface area contributed by atoms with Crippen LogP contribution >= 0.6 is 0 Å². The Morgan fingerprint density at radius 2 is 2.31 bits per heavy atom. The number of methoxy groups -OCH3 is 1. The molecule has 3 heteroatoms. The van der Waals surface area contributed by atoms with Gasteiger partial charge in [-0.15, -0.1) is 0 Å². The molecule has 1 aromatic carbocycles. The number of fused-ring (bicyclic) bond motifs is 1. The zero-order valence-electron chi connectivity index (χ0n) is 9.77. The van der Waals surface area contributed by atoms with Crippen LogP contribution in [0.2, 0.25) is 0 Å². The van der Waals surface area contributed by atoms with E-state index in [1.54, 1.807) is 7.11 Å². The Bertz CT molecular complexity index is 362. The number of hydrogen-bond donors (Lipinski definition) is 1. The third-order valence-electron chi connectivity index (χ3n) is 3.02. The zero-order valence-corrected chi connectivity index (χ0v) is 9.77. The zero-order chi connectivity index (χ0) is 11.5. The summed E-state index contributed by atoms with van der Waals surface area (Å²) >= 11 is 0. The molecule has 0 bridgehead atoms. The van der Waals surface area contributed by atoms with E-state index in [2.05, 4.69) is 0 Å². The van der Waals surface area contributed by atoms with Crippen LogP contribution in [0.3, 0.4) is 0 Å². The van der Waals surface area contributed by atoms with Crippen LogP contribution in [0, 0.1) is 5.92 Å². The number of aliphatic hydroxyl groups excluding tert-OH is 1. The van der Waals surface area contributed by atoms with Crippen molar-refractivity contribution >= 4 is 0 Å². The molecule has 0 radical (unpaired) electrons. The molecule has 0 spiro atoms. The Kier molecular flexibility index (Phi) is 3.46. The molecular formula is C13H18O3. The van der Waals surface area contributed by atoms with Gasteiger partial charge in [-0.25, -0.2) is 0 Å². The predicted octanol–water partition coefficient (Wildman–Crippen LogP) is 1.94. The van der Waals surface area contributed by atoms with Gasteiger partial charge in [-0.1, -0.05) is 13.0 Å². The number of benzene rings is 1. The molecule has 1 N–H and O–H groups in total. The van der Waals surface area contributed by atoms with Crippen molar-refractivity contribution in [2.24, 2.45) is 5.92 Å². The molecule has 88 valence electrons. The van der Waals surface area contributed by atoms with E-state index in [4.69, 9.17) is 9.47 Å². The standard InChI is InChI=1S/C13H18O3/c1-9(8-15-2)13(14)11-3-4-12-10(7-11)5-6-16-12/h3-4,7,9,13-14H,5-6,8H2,1-2H3. The van der Waals surface area contributed by atoms with Crippen LogP contribution < -0.4 is 4.74 Å². The molecule has 1 aliphatic heterocycles. The summed E-state index contributed by atoms with van der Waals surface area (Å²) in [6, 6.07) is 5.92. The highest BCUT2D eigenvalue weighted by atomic mass is 16.5. The normalized spacial score (nSPS) is 17.7. The summed E-state index contributed by atoms with van der Waals surface area (Å²) < 4.78 is 10.5. The fourth-order valence-corrected chi connectivity index (χ4v) is 2.07. The average Bonchev–Trinajstić information content (AvgIpc) is 2.75. The molecule has 16 heavy (non-hydrogen) atoms. The van der Waals surface area contributed by atoms with Gasteiger partial charge in [-0.3, -0.25) is 0 Å². The second-order valence-corrected chi connectivity index (χ2v) is 4.34. The molecular weight excluding hydrogens is 204 g/mol. The lowest BCUT2D eigenvalue weighted by atomic mass is 9.96. The topological polar surface area (TPSA) is 38.7 Å². The third-order valence-corrected chi connectivity index (χ3v) is 3.02. The molecule has 1 aromatic rings. The Morgan fingerprint density at radius 1 is 1.50 bits per heavy atom. The van der Waals surface area contributed by atoms with Crippen molar-refractivity contribution in [2.75, 3.05) is 20.3 Å². The minimum atomic E-state index is -0.467. The maximum absolute atomic E-state index is 10.1. The second-order valence-electron chi connectivity index (χ2n) is 4.34. The van der Waals surface area contributed by atoms with Gasteiger partial charge in [0.2, 0.25) is 0 Å². The molecule has 2 atom stereocenters. The van der Waals surface area contributed by atoms with Crippen molar-refractivity contribution in [1.82, 2.24) is 0 Å². The molecule has 3 nitrogen and oxygen atoms in total. The first-order valence-corrected chi connectivity index (χ1v) is 5.65. The van der Waals surface area contributed by atoms with Gasteiger partial charge in [0.05, 0.1) is 19.3 Å². The number of hydrogen-bond acceptors (Lipinski definition) is 3. The lowest BCUT2D eigenvalue weighted by Crippen LogP contribution is -2.14. The van der Waals surface area contributed by atoms with Crippen LogP contribution in [-0.4, -0.2) is 25.4 Å². The fraction of sp³-hybridized carbons (Fsp3) is 0.538. The van der Waals surface area contributed by atoms with Gasteiger partial charge < -0.3 is 14.6 Å². The summed E-state index contributed by atoms with van der Waals surface area (Å²) in [5.74, 6) is 1.06. The minimum Gasteiger partial charge on any atom is -0.493 e. The largest absolute Gasteiger partial charge is 0.493 e. The summed E-state index contributed by atoms with van der Waals surface area (Å²) in [5.41, 5.74) is 2.15. The summed E-state index contributed by atoms with van der Waals surface area (Å²) in [5, 5.41) is 10.1. The summed E-state index contributed by atoms with van der Waals surface area (Å²) in [6.07, 6.45) is 0.472. The van der Waals surface area contributed by atoms with Crippen LogP contribution in [0.15, 0.2) is 18.2 Å². The van der Waals surface area contributed by atoms with E-state index in [1.165, 1.54) is 5.56 Å². The van der Waals surface area contributed by atoms with E-state index < -0.39 is 6.10 Å². The van der Waals surface area contributed by atoms with Crippen molar-refractivity contribution < 1.29 is 14.6 Å². The molecule has 2 rings (SSSR count). The van der Waals surface area contributed by atoms with E-state index >= 15 is 0 Å². The lowest BCUT2D eigenvalue weighted by Gasteiger charge is -2.18. The summed E-state index contributed by atoms with van der Waals surface area (Å²) in [4.78, 5) is 0. The van der Waals surface area contributed by atoms with Crippen LogP contribution in [0.25, 0.3) is 0 Å². The Labute approximate surface area is 96.0 Å². The number of aliphatic hydroxyl groups is 1. The summed E-state index contributed by atoms with van der Waals surface area (Å²) in [7, 11) is 1.65. The molecule has 0 aliphatic carbocycles. The van der Waals surface area contributed by atoms with Gasteiger partial charge in [0.25, 0.3) is 0 Å². The smallest absolute Gasteiger partial charge is 0.122 e. The predicted molar refractivity (Wildman–Crippen MR) is 61.6 cm³/mol. The van der Waals surface area contributed by atoms with E-state index in [-0.39, 0.29) is 5.92 Å². The Morgan fingerprint density at radius 3 is 3.06 bits per heavy atom. The Balaban J connectivity index is 2.14. The van der Waals surface area contributed by atoms with E-state index in [0.29, 0.717) is 6.61 Å². The van der Waals surface area contributed by atoms with Gasteiger partial charge in [-0.2, -0.15) is 0 Å². The second kappa shape index (κ2) is 4.85. The van der Waals surface area contributed by atoms with E-state index in [9.17, 15) is 5.11 Å². The van der Waals surface area contributed by atoms with Crippen LogP contribution in [0.4, 0.5) is 0 Å². The lowest BCUT2D eigenvalue weighted by molar-refractivity contribution is 0.0566. The fourth-order valence-electron chi connectivity index (χ4n) is 2.07. The molecule has 0 fully saturated rings. The molecule has 2 unspecified atom stereocenters. The maximum atomic E-state index is 10.1. The van der Waals surface area contributed by atoms with Gasteiger partial charge in [0, 0.05) is 19.4 Å². The molecule has 1 heterocycles. The number of ether oxygens (including phenoxy) is 2. The summed E-state index contributed by atoms with van der Waals surface area (Å²) in [6.45, 7) is 3.30. The van der Waals surface area contributed by atoms with Crippen molar-refractivity contribution in [3.63, 3.8) is 0 Å². The highest BCUT2D eigenvalue weighted by Crippen LogP contribution is 2.30. The first kappa shape index (κ1) is 11.4. The van der Waals surface area contributed by atoms with E-state index in [1.807, 2.05) is 25.1 Å². The molecule has 0 aromatic heterocycles. The SMILES string of the molecule is COCC(C)C(O)c1ccc2c(c1)CCO2. The van der Waals surface area contributed by atoms with Crippen LogP contribution in [0.1, 0.15) is 24.2 Å². The highest BCUT2D eigenvalue weighted by Gasteiger charge is 2.19. The Hall–Kier alpha value is -1.06. The molecule has 1 aliphatic rings. The van der Waals surface area contributed by atoms with Gasteiger partial charge in [-0.05, 0) is 23.3 Å². The van der Waals surface area contributed by atoms with Crippen LogP contribution in [0.5, 0.6) is 5.75 Å². The first-order valence-electron chi connectivity index (χ1n) is 5.65. The van der Waals surface area contributed by atoms with Gasteiger partial charge in [0.15, 0.2) is 0 Å². The average molecular weight is 222 g/mol. The first-order chi connectivity index (χ1) is 7.72. The van der Waals surface area contributed by atoms with Crippen molar-refractivity contribution in [2.45, 2.75) is 19.4 Å².